The Morgan fingerprint density at radius 1 is 0.947 bits per heavy atom. The number of hydrogen-bond acceptors (Lipinski definition) is 5. The summed E-state index contributed by atoms with van der Waals surface area (Å²) in [5.74, 6) is -1.03. The van der Waals surface area contributed by atoms with Gasteiger partial charge >= 0.3 is 12.1 Å². The lowest BCUT2D eigenvalue weighted by Crippen LogP contribution is -2.50. The maximum Gasteiger partial charge on any atom is 0.490 e. The molecule has 1 saturated carbocycles. The Labute approximate surface area is 220 Å². The van der Waals surface area contributed by atoms with Gasteiger partial charge in [-0.15, -0.1) is 0 Å². The number of carboxylic acids is 1. The molecule has 1 spiro atoms. The molecular weight excluding hydrogens is 503 g/mol. The van der Waals surface area contributed by atoms with Crippen LogP contribution in [-0.4, -0.2) is 97.2 Å². The molecule has 210 valence electrons. The van der Waals surface area contributed by atoms with Gasteiger partial charge in [0.2, 0.25) is 5.91 Å². The Morgan fingerprint density at radius 2 is 1.53 bits per heavy atom. The maximum absolute atomic E-state index is 13.7. The lowest BCUT2D eigenvalue weighted by atomic mass is 9.65. The van der Waals surface area contributed by atoms with Gasteiger partial charge < -0.3 is 24.5 Å². The number of aliphatic carboxylic acids is 1. The van der Waals surface area contributed by atoms with Crippen molar-refractivity contribution in [1.82, 2.24) is 14.7 Å². The molecule has 11 heteroatoms. The first-order valence-corrected chi connectivity index (χ1v) is 13.1. The summed E-state index contributed by atoms with van der Waals surface area (Å²) in [5.41, 5.74) is 0.736. The number of nitrogens with zero attached hydrogens (tertiary/aromatic N) is 3. The van der Waals surface area contributed by atoms with Gasteiger partial charge in [-0.3, -0.25) is 9.59 Å². The van der Waals surface area contributed by atoms with Crippen molar-refractivity contribution in [3.63, 3.8) is 0 Å². The average molecular weight is 540 g/mol. The zero-order valence-corrected chi connectivity index (χ0v) is 21.9. The minimum Gasteiger partial charge on any atom is -0.497 e. The largest absolute Gasteiger partial charge is 0.497 e. The number of piperidine rings is 1. The van der Waals surface area contributed by atoms with E-state index in [1.807, 2.05) is 29.2 Å². The van der Waals surface area contributed by atoms with E-state index in [1.54, 1.807) is 7.11 Å². The predicted octanol–water partition coefficient (Wildman–Crippen LogP) is 3.52. The van der Waals surface area contributed by atoms with Gasteiger partial charge in [0.05, 0.1) is 12.5 Å². The second-order valence-corrected chi connectivity index (χ2v) is 11.1. The van der Waals surface area contributed by atoms with Gasteiger partial charge in [-0.1, -0.05) is 0 Å². The van der Waals surface area contributed by atoms with Gasteiger partial charge in [-0.05, 0) is 81.2 Å². The van der Waals surface area contributed by atoms with E-state index in [0.717, 1.165) is 89.1 Å². The molecule has 1 N–H and O–H groups in total. The van der Waals surface area contributed by atoms with Crippen LogP contribution in [0.5, 0.6) is 5.75 Å². The number of likely N-dealkylation sites (tertiary alicyclic amines) is 3. The second kappa shape index (κ2) is 10.7. The highest BCUT2D eigenvalue weighted by atomic mass is 19.4. The molecule has 3 aliphatic heterocycles. The first-order chi connectivity index (χ1) is 17.9. The van der Waals surface area contributed by atoms with E-state index in [2.05, 4.69) is 16.8 Å². The van der Waals surface area contributed by atoms with Gasteiger partial charge in [0.15, 0.2) is 0 Å². The van der Waals surface area contributed by atoms with E-state index in [-0.39, 0.29) is 16.7 Å². The lowest BCUT2D eigenvalue weighted by Gasteiger charge is -2.45. The maximum atomic E-state index is 13.7. The van der Waals surface area contributed by atoms with Crippen molar-refractivity contribution < 1.29 is 37.4 Å². The van der Waals surface area contributed by atoms with E-state index in [9.17, 15) is 22.8 Å². The second-order valence-electron chi connectivity index (χ2n) is 11.1. The Kier molecular flexibility index (Phi) is 7.97. The molecule has 0 aromatic heterocycles. The smallest absolute Gasteiger partial charge is 0.490 e. The van der Waals surface area contributed by atoms with Gasteiger partial charge in [0.1, 0.15) is 5.75 Å². The molecule has 1 aliphatic carbocycles. The van der Waals surface area contributed by atoms with Crippen LogP contribution in [0.1, 0.15) is 48.9 Å². The van der Waals surface area contributed by atoms with Gasteiger partial charge in [-0.25, -0.2) is 4.79 Å². The third-order valence-electron chi connectivity index (χ3n) is 8.97. The van der Waals surface area contributed by atoms with Crippen molar-refractivity contribution in [3.05, 3.63) is 29.8 Å². The van der Waals surface area contributed by atoms with Crippen LogP contribution in [0, 0.1) is 16.7 Å². The molecule has 8 nitrogen and oxygen atoms in total. The van der Waals surface area contributed by atoms with Crippen LogP contribution in [0.2, 0.25) is 0 Å². The molecule has 0 radical (unpaired) electrons. The molecule has 4 fully saturated rings. The quantitative estimate of drug-likeness (QED) is 0.633. The molecule has 3 saturated heterocycles. The fourth-order valence-corrected chi connectivity index (χ4v) is 7.05. The van der Waals surface area contributed by atoms with Crippen LogP contribution in [0.15, 0.2) is 24.3 Å². The third kappa shape index (κ3) is 5.34. The van der Waals surface area contributed by atoms with Crippen LogP contribution in [0.25, 0.3) is 0 Å². The number of methoxy groups -OCH3 is 1. The fourth-order valence-electron chi connectivity index (χ4n) is 7.05. The van der Waals surface area contributed by atoms with Crippen LogP contribution in [-0.2, 0) is 9.59 Å². The number of rotatable bonds is 3. The molecular formula is C27H36F3N3O5. The van der Waals surface area contributed by atoms with Crippen LogP contribution >= 0.6 is 0 Å². The highest BCUT2D eigenvalue weighted by Gasteiger charge is 2.64. The number of alkyl halides is 3. The summed E-state index contributed by atoms with van der Waals surface area (Å²) in [6, 6.07) is 7.41. The number of fused-ring (bicyclic) bond motifs is 2. The molecule has 38 heavy (non-hydrogen) atoms. The average Bonchev–Trinajstić information content (AvgIpc) is 3.61. The standard InChI is InChI=1S/C25H35N3O3.C2HF3O2/c1-26-17-21-24(9-10-25(21,18-26)23(30)28-13-3-4-14-28)11-15-27(16-12-24)22(29)19-5-7-20(31-2)8-6-19;3-2(4,5)1(6)7/h5-8,21H,3-4,9-18H2,1-2H3;(H,6,7)/t21-,25+;/m0./s1. The minimum absolute atomic E-state index is 0.110. The number of halogens is 3. The topological polar surface area (TPSA) is 90.4 Å². The van der Waals surface area contributed by atoms with Crippen molar-refractivity contribution in [1.29, 1.82) is 0 Å². The third-order valence-corrected chi connectivity index (χ3v) is 8.97. The molecule has 0 unspecified atom stereocenters. The SMILES string of the molecule is COc1ccc(C(=O)N2CCC3(CC2)CC[C@@]2(C(=O)N4CCCC4)CN(C)C[C@@H]32)cc1.O=C(O)C(F)(F)F. The number of ether oxygens (including phenoxy) is 1. The highest BCUT2D eigenvalue weighted by molar-refractivity contribution is 5.94. The molecule has 1 aromatic rings. The van der Waals surface area contributed by atoms with E-state index in [0.29, 0.717) is 11.8 Å². The predicted molar refractivity (Wildman–Crippen MR) is 133 cm³/mol. The molecule has 1 aromatic carbocycles. The van der Waals surface area contributed by atoms with E-state index >= 15 is 0 Å². The molecule has 5 rings (SSSR count). The number of benzene rings is 1. The van der Waals surface area contributed by atoms with Crippen LogP contribution in [0.3, 0.4) is 0 Å². The van der Waals surface area contributed by atoms with Gasteiger partial charge in [0, 0.05) is 44.8 Å². The summed E-state index contributed by atoms with van der Waals surface area (Å²) in [5, 5.41) is 7.12. The Hall–Kier alpha value is -2.82. The highest BCUT2D eigenvalue weighted by Crippen LogP contribution is 2.62. The summed E-state index contributed by atoms with van der Waals surface area (Å²) < 4.78 is 36.9. The summed E-state index contributed by atoms with van der Waals surface area (Å²) in [6.45, 7) is 5.38. The van der Waals surface area contributed by atoms with Crippen molar-refractivity contribution in [2.75, 3.05) is 53.4 Å². The Morgan fingerprint density at radius 3 is 2.05 bits per heavy atom. The van der Waals surface area contributed by atoms with E-state index in [1.165, 1.54) is 0 Å². The normalized spacial score (nSPS) is 26.6. The zero-order valence-electron chi connectivity index (χ0n) is 21.9. The van der Waals surface area contributed by atoms with E-state index in [4.69, 9.17) is 14.6 Å². The van der Waals surface area contributed by atoms with Crippen molar-refractivity contribution in [2.24, 2.45) is 16.7 Å². The number of amides is 2. The zero-order chi connectivity index (χ0) is 27.7. The molecule has 2 amide bonds. The van der Waals surface area contributed by atoms with Gasteiger partial charge in [0.25, 0.3) is 5.91 Å². The lowest BCUT2D eigenvalue weighted by molar-refractivity contribution is -0.192. The van der Waals surface area contributed by atoms with Crippen molar-refractivity contribution in [3.8, 4) is 5.75 Å². The summed E-state index contributed by atoms with van der Waals surface area (Å²) >= 11 is 0. The van der Waals surface area contributed by atoms with Crippen LogP contribution in [0.4, 0.5) is 13.2 Å². The molecule has 3 heterocycles. The van der Waals surface area contributed by atoms with E-state index < -0.39 is 12.1 Å². The van der Waals surface area contributed by atoms with Crippen LogP contribution < -0.4 is 4.74 Å². The summed E-state index contributed by atoms with van der Waals surface area (Å²) in [7, 11) is 3.81. The minimum atomic E-state index is -5.08. The monoisotopic (exact) mass is 539 g/mol. The molecule has 2 atom stereocenters. The number of carbonyl (C=O) groups excluding carboxylic acids is 2. The number of carboxylic acid groups (broad SMARTS) is 1. The first kappa shape index (κ1) is 28.2. The number of hydrogen-bond donors (Lipinski definition) is 1. The summed E-state index contributed by atoms with van der Waals surface area (Å²) in [6.07, 6.45) is 1.40. The first-order valence-electron chi connectivity index (χ1n) is 13.1. The Bertz CT molecular complexity index is 1030. The van der Waals surface area contributed by atoms with Crippen molar-refractivity contribution >= 4 is 17.8 Å². The van der Waals surface area contributed by atoms with Gasteiger partial charge in [-0.2, -0.15) is 13.2 Å². The Balaban J connectivity index is 0.000000426. The fraction of sp³-hybridized carbons (Fsp3) is 0.667. The number of carbonyl (C=O) groups is 3. The summed E-state index contributed by atoms with van der Waals surface area (Å²) in [4.78, 5) is 42.1. The van der Waals surface area contributed by atoms with Crippen molar-refractivity contribution in [2.45, 2.75) is 44.7 Å². The molecule has 0 bridgehead atoms. The molecule has 4 aliphatic rings.